The van der Waals surface area contributed by atoms with Crippen LogP contribution >= 0.6 is 0 Å². The molecule has 0 heterocycles. The van der Waals surface area contributed by atoms with Gasteiger partial charge in [-0.2, -0.15) is 5.26 Å². The number of carbonyl (C=O) groups excluding carboxylic acids is 1. The molecule has 0 spiro atoms. The van der Waals surface area contributed by atoms with E-state index in [1.54, 1.807) is 29.2 Å². The van der Waals surface area contributed by atoms with Crippen LogP contribution in [-0.4, -0.2) is 35.2 Å². The predicted octanol–water partition coefficient (Wildman–Crippen LogP) is 2.33. The third kappa shape index (κ3) is 3.49. The Hall–Kier alpha value is -2.06. The minimum absolute atomic E-state index is 0.0395. The van der Waals surface area contributed by atoms with Gasteiger partial charge in [-0.15, -0.1) is 0 Å². The van der Waals surface area contributed by atoms with Crippen molar-refractivity contribution in [1.29, 1.82) is 5.26 Å². The van der Waals surface area contributed by atoms with Crippen molar-refractivity contribution in [2.45, 2.75) is 31.7 Å². The molecule has 106 valence electrons. The van der Waals surface area contributed by atoms with Crippen molar-refractivity contribution in [2.24, 2.45) is 0 Å². The molecule has 0 aromatic heterocycles. The Labute approximate surface area is 118 Å². The number of anilines is 1. The van der Waals surface area contributed by atoms with E-state index in [1.165, 1.54) is 0 Å². The monoisotopic (exact) mass is 273 g/mol. The Morgan fingerprint density at radius 1 is 1.45 bits per heavy atom. The Balaban J connectivity index is 2.05. The summed E-state index contributed by atoms with van der Waals surface area (Å²) in [4.78, 5) is 14.0. The number of carbonyl (C=O) groups is 1. The lowest BCUT2D eigenvalue weighted by atomic mass is 10.2. The lowest BCUT2D eigenvalue weighted by Gasteiger charge is -2.28. The SMILES string of the molecule is N#Cc1cccc(NC(=O)N(CCO)C2CCCC2)c1. The van der Waals surface area contributed by atoms with Gasteiger partial charge in [0.2, 0.25) is 0 Å². The van der Waals surface area contributed by atoms with E-state index in [9.17, 15) is 4.79 Å². The molecule has 1 fully saturated rings. The average Bonchev–Trinajstić information content (AvgIpc) is 2.98. The highest BCUT2D eigenvalue weighted by Crippen LogP contribution is 2.24. The maximum atomic E-state index is 12.3. The molecule has 0 radical (unpaired) electrons. The smallest absolute Gasteiger partial charge is 0.322 e. The number of benzene rings is 1. The molecule has 0 unspecified atom stereocenters. The number of aliphatic hydroxyl groups excluding tert-OH is 1. The van der Waals surface area contributed by atoms with Crippen LogP contribution in [0.3, 0.4) is 0 Å². The molecule has 0 atom stereocenters. The van der Waals surface area contributed by atoms with E-state index in [-0.39, 0.29) is 18.7 Å². The van der Waals surface area contributed by atoms with E-state index < -0.39 is 0 Å². The maximum absolute atomic E-state index is 12.3. The lowest BCUT2D eigenvalue weighted by molar-refractivity contribution is 0.163. The summed E-state index contributed by atoms with van der Waals surface area (Å²) in [6.07, 6.45) is 4.24. The van der Waals surface area contributed by atoms with Crippen LogP contribution in [0.4, 0.5) is 10.5 Å². The van der Waals surface area contributed by atoms with E-state index in [2.05, 4.69) is 5.32 Å². The summed E-state index contributed by atoms with van der Waals surface area (Å²) in [7, 11) is 0. The number of rotatable bonds is 4. The topological polar surface area (TPSA) is 76.4 Å². The standard InChI is InChI=1S/C15H19N3O2/c16-11-12-4-3-5-13(10-12)17-15(20)18(8-9-19)14-6-1-2-7-14/h3-5,10,14,19H,1-2,6-9H2,(H,17,20). The summed E-state index contributed by atoms with van der Waals surface area (Å²) in [5.41, 5.74) is 1.12. The minimum Gasteiger partial charge on any atom is -0.395 e. The van der Waals surface area contributed by atoms with Crippen LogP contribution in [0, 0.1) is 11.3 Å². The maximum Gasteiger partial charge on any atom is 0.322 e. The van der Waals surface area contributed by atoms with Gasteiger partial charge in [-0.05, 0) is 31.0 Å². The zero-order valence-electron chi connectivity index (χ0n) is 11.4. The molecule has 5 nitrogen and oxygen atoms in total. The van der Waals surface area contributed by atoms with Gasteiger partial charge in [-0.25, -0.2) is 4.79 Å². The summed E-state index contributed by atoms with van der Waals surface area (Å²) in [6.45, 7) is 0.302. The highest BCUT2D eigenvalue weighted by molar-refractivity contribution is 5.89. The molecule has 5 heteroatoms. The number of urea groups is 1. The Bertz CT molecular complexity index is 504. The van der Waals surface area contributed by atoms with Gasteiger partial charge in [0.25, 0.3) is 0 Å². The molecule has 1 aliphatic carbocycles. The van der Waals surface area contributed by atoms with Crippen molar-refractivity contribution in [1.82, 2.24) is 4.90 Å². The largest absolute Gasteiger partial charge is 0.395 e. The van der Waals surface area contributed by atoms with Crippen molar-refractivity contribution in [3.63, 3.8) is 0 Å². The first-order chi connectivity index (χ1) is 9.74. The molecule has 2 rings (SSSR count). The molecular weight excluding hydrogens is 254 g/mol. The van der Waals surface area contributed by atoms with E-state index in [4.69, 9.17) is 10.4 Å². The first-order valence-corrected chi connectivity index (χ1v) is 6.93. The molecule has 2 N–H and O–H groups in total. The second kappa shape index (κ2) is 6.92. The molecule has 1 saturated carbocycles. The van der Waals surface area contributed by atoms with E-state index in [1.807, 2.05) is 6.07 Å². The van der Waals surface area contributed by atoms with Crippen LogP contribution in [0.25, 0.3) is 0 Å². The normalized spacial score (nSPS) is 14.8. The van der Waals surface area contributed by atoms with Gasteiger partial charge < -0.3 is 15.3 Å². The average molecular weight is 273 g/mol. The fourth-order valence-electron chi connectivity index (χ4n) is 2.64. The van der Waals surface area contributed by atoms with Gasteiger partial charge >= 0.3 is 6.03 Å². The molecule has 0 aliphatic heterocycles. The molecule has 2 amide bonds. The Morgan fingerprint density at radius 3 is 2.85 bits per heavy atom. The number of aliphatic hydroxyl groups is 1. The lowest BCUT2D eigenvalue weighted by Crippen LogP contribution is -2.43. The highest BCUT2D eigenvalue weighted by atomic mass is 16.3. The molecule has 0 saturated heterocycles. The molecule has 20 heavy (non-hydrogen) atoms. The van der Waals surface area contributed by atoms with Crippen LogP contribution < -0.4 is 5.32 Å². The van der Waals surface area contributed by atoms with E-state index in [0.717, 1.165) is 25.7 Å². The fourth-order valence-corrected chi connectivity index (χ4v) is 2.64. The first-order valence-electron chi connectivity index (χ1n) is 6.93. The number of nitrogens with zero attached hydrogens (tertiary/aromatic N) is 2. The Morgan fingerprint density at radius 2 is 2.20 bits per heavy atom. The second-order valence-corrected chi connectivity index (χ2v) is 4.98. The number of nitriles is 1. The van der Waals surface area contributed by atoms with Crippen molar-refractivity contribution in [3.05, 3.63) is 29.8 Å². The van der Waals surface area contributed by atoms with Gasteiger partial charge in [0, 0.05) is 18.3 Å². The van der Waals surface area contributed by atoms with Crippen molar-refractivity contribution in [3.8, 4) is 6.07 Å². The van der Waals surface area contributed by atoms with Gasteiger partial charge in [-0.1, -0.05) is 18.9 Å². The van der Waals surface area contributed by atoms with Crippen molar-refractivity contribution >= 4 is 11.7 Å². The van der Waals surface area contributed by atoms with Gasteiger partial charge in [0.05, 0.1) is 18.2 Å². The van der Waals surface area contributed by atoms with E-state index >= 15 is 0 Å². The van der Waals surface area contributed by atoms with Gasteiger partial charge in [0.1, 0.15) is 0 Å². The zero-order chi connectivity index (χ0) is 14.4. The second-order valence-electron chi connectivity index (χ2n) is 4.98. The number of nitrogens with one attached hydrogen (secondary N) is 1. The highest BCUT2D eigenvalue weighted by Gasteiger charge is 2.26. The molecule has 1 aromatic rings. The van der Waals surface area contributed by atoms with Crippen LogP contribution in [-0.2, 0) is 0 Å². The third-order valence-electron chi connectivity index (χ3n) is 3.61. The molecular formula is C15H19N3O2. The van der Waals surface area contributed by atoms with Crippen LogP contribution in [0.15, 0.2) is 24.3 Å². The van der Waals surface area contributed by atoms with Gasteiger partial charge in [-0.3, -0.25) is 0 Å². The predicted molar refractivity (Wildman–Crippen MR) is 76.2 cm³/mol. The zero-order valence-corrected chi connectivity index (χ0v) is 11.4. The first kappa shape index (κ1) is 14.4. The fraction of sp³-hybridized carbons (Fsp3) is 0.467. The summed E-state index contributed by atoms with van der Waals surface area (Å²) < 4.78 is 0. The Kier molecular flexibility index (Phi) is 4.97. The van der Waals surface area contributed by atoms with Crippen molar-refractivity contribution < 1.29 is 9.90 Å². The van der Waals surface area contributed by atoms with Crippen LogP contribution in [0.5, 0.6) is 0 Å². The summed E-state index contributed by atoms with van der Waals surface area (Å²) >= 11 is 0. The van der Waals surface area contributed by atoms with Crippen LogP contribution in [0.1, 0.15) is 31.2 Å². The summed E-state index contributed by atoms with van der Waals surface area (Å²) in [5.74, 6) is 0. The van der Waals surface area contributed by atoms with Gasteiger partial charge in [0.15, 0.2) is 0 Å². The summed E-state index contributed by atoms with van der Waals surface area (Å²) in [5, 5.41) is 20.8. The number of amides is 2. The number of hydrogen-bond donors (Lipinski definition) is 2. The molecule has 1 aromatic carbocycles. The minimum atomic E-state index is -0.207. The summed E-state index contributed by atoms with van der Waals surface area (Å²) in [6, 6.07) is 8.87. The van der Waals surface area contributed by atoms with E-state index in [0.29, 0.717) is 17.8 Å². The third-order valence-corrected chi connectivity index (χ3v) is 3.61. The number of hydrogen-bond acceptors (Lipinski definition) is 3. The van der Waals surface area contributed by atoms with Crippen LogP contribution in [0.2, 0.25) is 0 Å². The molecule has 0 bridgehead atoms. The van der Waals surface area contributed by atoms with Crippen molar-refractivity contribution in [2.75, 3.05) is 18.5 Å². The molecule has 1 aliphatic rings. The quantitative estimate of drug-likeness (QED) is 0.884.